The van der Waals surface area contributed by atoms with Crippen LogP contribution >= 0.6 is 0 Å². The van der Waals surface area contributed by atoms with E-state index in [4.69, 9.17) is 4.98 Å². The second-order valence-corrected chi connectivity index (χ2v) is 9.87. The lowest BCUT2D eigenvalue weighted by molar-refractivity contribution is 0.0455. The van der Waals surface area contributed by atoms with Crippen molar-refractivity contribution in [3.05, 3.63) is 70.4 Å². The number of likely N-dealkylation sites (tertiary alicyclic amines) is 1. The van der Waals surface area contributed by atoms with E-state index in [0.29, 0.717) is 30.2 Å². The SMILES string of the molecule is O=C(c1c(-c2cnccn2)[nH]n2c(=O)cc(-c3ccc(CC4CCCC4)cc3)nc12)N1CC(CF)C1. The highest BCUT2D eigenvalue weighted by molar-refractivity contribution is 6.05. The molecule has 9 heteroatoms. The molecule has 4 heterocycles. The Morgan fingerprint density at radius 1 is 1.06 bits per heavy atom. The Kier molecular flexibility index (Phi) is 5.83. The van der Waals surface area contributed by atoms with Gasteiger partial charge in [-0.3, -0.25) is 29.0 Å². The van der Waals surface area contributed by atoms with Crippen LogP contribution in [0.5, 0.6) is 0 Å². The van der Waals surface area contributed by atoms with Crippen molar-refractivity contribution in [3.63, 3.8) is 0 Å². The van der Waals surface area contributed by atoms with Crippen LogP contribution in [0.1, 0.15) is 41.6 Å². The molecule has 0 spiro atoms. The zero-order valence-electron chi connectivity index (χ0n) is 19.9. The average molecular weight is 487 g/mol. The summed E-state index contributed by atoms with van der Waals surface area (Å²) in [6, 6.07) is 9.64. The molecular formula is C27H27FN6O2. The molecule has 1 aromatic carbocycles. The summed E-state index contributed by atoms with van der Waals surface area (Å²) in [6.07, 6.45) is 10.9. The molecule has 1 N–H and O–H groups in total. The van der Waals surface area contributed by atoms with E-state index < -0.39 is 6.67 Å². The Labute approximate surface area is 207 Å². The highest BCUT2D eigenvalue weighted by Gasteiger charge is 2.35. The van der Waals surface area contributed by atoms with Crippen LogP contribution in [0.3, 0.4) is 0 Å². The molecule has 184 valence electrons. The number of aromatic amines is 1. The van der Waals surface area contributed by atoms with E-state index >= 15 is 0 Å². The van der Waals surface area contributed by atoms with Crippen molar-refractivity contribution in [3.8, 4) is 22.6 Å². The lowest BCUT2D eigenvalue weighted by Crippen LogP contribution is -2.50. The molecule has 2 fully saturated rings. The molecular weight excluding hydrogens is 459 g/mol. The van der Waals surface area contributed by atoms with Gasteiger partial charge in [0.15, 0.2) is 5.65 Å². The molecule has 8 nitrogen and oxygen atoms in total. The maximum Gasteiger partial charge on any atom is 0.273 e. The third-order valence-electron chi connectivity index (χ3n) is 7.36. The predicted octanol–water partition coefficient (Wildman–Crippen LogP) is 3.92. The number of fused-ring (bicyclic) bond motifs is 1. The number of halogens is 1. The van der Waals surface area contributed by atoms with Crippen LogP contribution in [-0.4, -0.2) is 55.1 Å². The molecule has 1 aliphatic carbocycles. The summed E-state index contributed by atoms with van der Waals surface area (Å²) in [5, 5.41) is 3.00. The summed E-state index contributed by atoms with van der Waals surface area (Å²) in [5.74, 6) is 0.282. The Morgan fingerprint density at radius 3 is 2.53 bits per heavy atom. The van der Waals surface area contributed by atoms with Crippen molar-refractivity contribution in [2.45, 2.75) is 32.1 Å². The molecule has 1 aliphatic heterocycles. The minimum Gasteiger partial charge on any atom is -0.338 e. The Balaban J connectivity index is 1.41. The van der Waals surface area contributed by atoms with Gasteiger partial charge in [-0.15, -0.1) is 0 Å². The number of aromatic nitrogens is 5. The summed E-state index contributed by atoms with van der Waals surface area (Å²) in [7, 11) is 0. The maximum atomic E-state index is 13.5. The molecule has 0 radical (unpaired) electrons. The summed E-state index contributed by atoms with van der Waals surface area (Å²) in [5.41, 5.74) is 3.51. The van der Waals surface area contributed by atoms with Crippen molar-refractivity contribution in [2.75, 3.05) is 19.8 Å². The fraction of sp³-hybridized carbons (Fsp3) is 0.370. The Morgan fingerprint density at radius 2 is 1.83 bits per heavy atom. The normalized spacial score (nSPS) is 16.5. The fourth-order valence-electron chi connectivity index (χ4n) is 5.35. The second kappa shape index (κ2) is 9.29. The van der Waals surface area contributed by atoms with Gasteiger partial charge in [-0.2, -0.15) is 0 Å². The minimum atomic E-state index is -0.465. The average Bonchev–Trinajstić information content (AvgIpc) is 3.52. The number of hydrogen-bond donors (Lipinski definition) is 1. The van der Waals surface area contributed by atoms with Crippen molar-refractivity contribution < 1.29 is 9.18 Å². The molecule has 0 unspecified atom stereocenters. The van der Waals surface area contributed by atoms with E-state index in [0.717, 1.165) is 17.9 Å². The quantitative estimate of drug-likeness (QED) is 0.446. The van der Waals surface area contributed by atoms with E-state index in [2.05, 4.69) is 27.2 Å². The number of nitrogens with one attached hydrogen (secondary N) is 1. The number of alkyl halides is 1. The monoisotopic (exact) mass is 486 g/mol. The van der Waals surface area contributed by atoms with Gasteiger partial charge in [-0.1, -0.05) is 49.9 Å². The highest BCUT2D eigenvalue weighted by atomic mass is 19.1. The van der Waals surface area contributed by atoms with Gasteiger partial charge in [0.1, 0.15) is 11.3 Å². The molecule has 6 rings (SSSR count). The first-order chi connectivity index (χ1) is 17.6. The number of amides is 1. The molecule has 3 aromatic heterocycles. The summed E-state index contributed by atoms with van der Waals surface area (Å²) >= 11 is 0. The number of benzene rings is 1. The van der Waals surface area contributed by atoms with Gasteiger partial charge < -0.3 is 4.90 Å². The van der Waals surface area contributed by atoms with Crippen LogP contribution in [0.15, 0.2) is 53.7 Å². The lowest BCUT2D eigenvalue weighted by atomic mass is 9.97. The van der Waals surface area contributed by atoms with E-state index in [1.165, 1.54) is 60.4 Å². The molecule has 0 bridgehead atoms. The van der Waals surface area contributed by atoms with E-state index in [1.54, 1.807) is 4.90 Å². The standard InChI is InChI=1S/C27H27FN6O2/c28-13-19-15-33(16-19)27(36)24-25(22-14-29-9-10-30-22)32-34-23(35)12-21(31-26(24)34)20-7-5-18(6-8-20)11-17-3-1-2-4-17/h5-10,12,14,17,19,32H,1-4,11,13,15-16H2. The zero-order valence-corrected chi connectivity index (χ0v) is 19.9. The Hall–Kier alpha value is -3.88. The van der Waals surface area contributed by atoms with Crippen LogP contribution in [0, 0.1) is 11.8 Å². The van der Waals surface area contributed by atoms with E-state index in [1.807, 2.05) is 12.1 Å². The molecule has 1 saturated carbocycles. The smallest absolute Gasteiger partial charge is 0.273 e. The molecule has 2 aliphatic rings. The molecule has 0 atom stereocenters. The highest BCUT2D eigenvalue weighted by Crippen LogP contribution is 2.30. The fourth-order valence-corrected chi connectivity index (χ4v) is 5.35. The first-order valence-corrected chi connectivity index (χ1v) is 12.5. The summed E-state index contributed by atoms with van der Waals surface area (Å²) < 4.78 is 14.3. The van der Waals surface area contributed by atoms with Crippen molar-refractivity contribution in [1.82, 2.24) is 29.5 Å². The zero-order chi connectivity index (χ0) is 24.6. The summed E-state index contributed by atoms with van der Waals surface area (Å²) in [6.45, 7) is 0.200. The maximum absolute atomic E-state index is 13.5. The number of rotatable bonds is 6. The molecule has 36 heavy (non-hydrogen) atoms. The number of nitrogens with zero attached hydrogens (tertiary/aromatic N) is 5. The van der Waals surface area contributed by atoms with Crippen LogP contribution in [0.25, 0.3) is 28.3 Å². The lowest BCUT2D eigenvalue weighted by Gasteiger charge is -2.37. The van der Waals surface area contributed by atoms with E-state index in [9.17, 15) is 14.0 Å². The Bertz CT molecular complexity index is 1450. The van der Waals surface area contributed by atoms with Gasteiger partial charge in [-0.25, -0.2) is 9.50 Å². The number of carbonyl (C=O) groups is 1. The van der Waals surface area contributed by atoms with Gasteiger partial charge in [0.05, 0.1) is 24.3 Å². The first kappa shape index (κ1) is 22.6. The number of carbonyl (C=O) groups excluding carboxylic acids is 1. The van der Waals surface area contributed by atoms with Crippen molar-refractivity contribution >= 4 is 11.6 Å². The van der Waals surface area contributed by atoms with Crippen LogP contribution in [-0.2, 0) is 6.42 Å². The van der Waals surface area contributed by atoms with Gasteiger partial charge >= 0.3 is 0 Å². The van der Waals surface area contributed by atoms with Crippen LogP contribution in [0.4, 0.5) is 4.39 Å². The van der Waals surface area contributed by atoms with Gasteiger partial charge in [0.25, 0.3) is 11.5 Å². The largest absolute Gasteiger partial charge is 0.338 e. The van der Waals surface area contributed by atoms with Crippen molar-refractivity contribution in [2.24, 2.45) is 11.8 Å². The van der Waals surface area contributed by atoms with Crippen molar-refractivity contribution in [1.29, 1.82) is 0 Å². The number of H-pyrrole nitrogens is 1. The summed E-state index contributed by atoms with van der Waals surface area (Å²) in [4.78, 5) is 41.4. The third kappa shape index (κ3) is 4.08. The number of hydrogen-bond acceptors (Lipinski definition) is 5. The van der Waals surface area contributed by atoms with Gasteiger partial charge in [0, 0.05) is 43.0 Å². The van der Waals surface area contributed by atoms with Gasteiger partial charge in [0.2, 0.25) is 0 Å². The van der Waals surface area contributed by atoms with Crippen LogP contribution < -0.4 is 5.56 Å². The first-order valence-electron chi connectivity index (χ1n) is 12.5. The van der Waals surface area contributed by atoms with Gasteiger partial charge in [-0.05, 0) is 17.9 Å². The van der Waals surface area contributed by atoms with E-state index in [-0.39, 0.29) is 28.6 Å². The second-order valence-electron chi connectivity index (χ2n) is 9.87. The molecule has 1 saturated heterocycles. The predicted molar refractivity (Wildman–Crippen MR) is 133 cm³/mol. The third-order valence-corrected chi connectivity index (χ3v) is 7.36. The topological polar surface area (TPSA) is 96.2 Å². The molecule has 1 amide bonds. The molecule has 4 aromatic rings. The minimum absolute atomic E-state index is 0.159. The van der Waals surface area contributed by atoms with Crippen LogP contribution in [0.2, 0.25) is 0 Å².